The van der Waals surface area contributed by atoms with Crippen LogP contribution in [0.25, 0.3) is 0 Å². The maximum atomic E-state index is 12.4. The number of halogens is 5. The molecule has 31 heavy (non-hydrogen) atoms. The number of alkyl halides is 3. The molecule has 2 aromatic rings. The van der Waals surface area contributed by atoms with Gasteiger partial charge in [0.15, 0.2) is 10.8 Å². The van der Waals surface area contributed by atoms with Gasteiger partial charge in [0.25, 0.3) is 0 Å². The molecule has 166 valence electrons. The first-order valence-corrected chi connectivity index (χ1v) is 9.87. The molecule has 0 unspecified atom stereocenters. The second-order valence-electron chi connectivity index (χ2n) is 6.62. The van der Waals surface area contributed by atoms with Crippen molar-refractivity contribution in [2.75, 3.05) is 29.9 Å². The van der Waals surface area contributed by atoms with Crippen LogP contribution >= 0.6 is 23.2 Å². The monoisotopic (exact) mass is 474 g/mol. The number of hydrogen-bond acceptors (Lipinski definition) is 5. The molecule has 2 heterocycles. The van der Waals surface area contributed by atoms with E-state index in [-0.39, 0.29) is 21.6 Å². The van der Waals surface area contributed by atoms with Gasteiger partial charge in [0.2, 0.25) is 0 Å². The van der Waals surface area contributed by atoms with E-state index in [1.165, 1.54) is 32.4 Å². The summed E-state index contributed by atoms with van der Waals surface area (Å²) in [5.74, 6) is 0.777. The Morgan fingerprint density at radius 3 is 2.39 bits per heavy atom. The average Bonchev–Trinajstić information content (AvgIpc) is 2.73. The Bertz CT molecular complexity index is 974. The zero-order chi connectivity index (χ0) is 23.2. The molecule has 0 saturated carbocycles. The van der Waals surface area contributed by atoms with Gasteiger partial charge < -0.3 is 10.6 Å². The van der Waals surface area contributed by atoms with Crippen LogP contribution in [0.1, 0.15) is 30.5 Å². The van der Waals surface area contributed by atoms with Crippen LogP contribution in [0.3, 0.4) is 0 Å². The normalized spacial score (nSPS) is 13.6. The summed E-state index contributed by atoms with van der Waals surface area (Å²) in [6.07, 6.45) is 0.737. The highest BCUT2D eigenvalue weighted by molar-refractivity contribution is 6.31. The number of anilines is 2. The van der Waals surface area contributed by atoms with Crippen LogP contribution in [-0.4, -0.2) is 36.1 Å². The van der Waals surface area contributed by atoms with Crippen molar-refractivity contribution in [3.8, 4) is 6.07 Å². The molecule has 1 saturated heterocycles. The first-order chi connectivity index (χ1) is 14.5. The number of urea groups is 1. The Morgan fingerprint density at radius 2 is 1.87 bits per heavy atom. The predicted molar refractivity (Wildman–Crippen MR) is 112 cm³/mol. The number of hydrogen-bond donors (Lipinski definition) is 1. The van der Waals surface area contributed by atoms with E-state index in [0.717, 1.165) is 35.9 Å². The van der Waals surface area contributed by atoms with Crippen LogP contribution in [0, 0.1) is 11.3 Å². The van der Waals surface area contributed by atoms with Crippen LogP contribution in [0.5, 0.6) is 0 Å². The van der Waals surface area contributed by atoms with E-state index in [4.69, 9.17) is 34.2 Å². The van der Waals surface area contributed by atoms with Crippen molar-refractivity contribution in [3.63, 3.8) is 0 Å². The Balaban J connectivity index is 0.000000220. The van der Waals surface area contributed by atoms with Gasteiger partial charge in [-0.1, -0.05) is 23.2 Å². The van der Waals surface area contributed by atoms with E-state index < -0.39 is 17.8 Å². The zero-order valence-electron chi connectivity index (χ0n) is 16.5. The van der Waals surface area contributed by atoms with Gasteiger partial charge in [0.1, 0.15) is 11.9 Å². The van der Waals surface area contributed by atoms with Crippen LogP contribution in [0.15, 0.2) is 24.4 Å². The summed E-state index contributed by atoms with van der Waals surface area (Å²) in [5.41, 5.74) is 4.20. The molecule has 1 aliphatic heterocycles. The molecule has 0 aliphatic carbocycles. The number of carbonyl (C=O) groups excluding carboxylic acids is 1. The SMILES string of the molecule is CN(C(N)=O)c1cc(Cl)cc(C(F)(F)F)c1.N#Cc1ncc(N2CCCCC2)nc1Cl. The lowest BCUT2D eigenvalue weighted by Gasteiger charge is -2.27. The van der Waals surface area contributed by atoms with Gasteiger partial charge in [-0.2, -0.15) is 18.4 Å². The fraction of sp³-hybridized carbons (Fsp3) is 0.368. The van der Waals surface area contributed by atoms with E-state index in [1.807, 2.05) is 6.07 Å². The van der Waals surface area contributed by atoms with Crippen molar-refractivity contribution in [1.29, 1.82) is 5.26 Å². The maximum absolute atomic E-state index is 12.4. The number of benzene rings is 1. The lowest BCUT2D eigenvalue weighted by atomic mass is 10.1. The molecule has 0 radical (unpaired) electrons. The molecule has 2 N–H and O–H groups in total. The molecular formula is C19H19Cl2F3N6O. The van der Waals surface area contributed by atoms with Gasteiger partial charge in [0.05, 0.1) is 11.8 Å². The summed E-state index contributed by atoms with van der Waals surface area (Å²) >= 11 is 11.4. The van der Waals surface area contributed by atoms with Crippen molar-refractivity contribution in [2.45, 2.75) is 25.4 Å². The standard InChI is InChI=1S/C10H11ClN4.C9H8ClF3N2O/c11-10-8(6-12)13-7-9(14-10)15-4-2-1-3-5-15;1-15(8(14)16)7-3-5(9(11,12)13)2-6(10)4-7/h7H,1-5H2;2-4H,1H3,(H2,14,16). The number of rotatable bonds is 2. The molecule has 7 nitrogen and oxygen atoms in total. The highest BCUT2D eigenvalue weighted by Crippen LogP contribution is 2.34. The van der Waals surface area contributed by atoms with Gasteiger partial charge in [0, 0.05) is 30.8 Å². The van der Waals surface area contributed by atoms with Crippen LogP contribution in [0.4, 0.5) is 29.5 Å². The highest BCUT2D eigenvalue weighted by atomic mass is 35.5. The fourth-order valence-corrected chi connectivity index (χ4v) is 3.17. The third kappa shape index (κ3) is 6.87. The molecule has 0 atom stereocenters. The lowest BCUT2D eigenvalue weighted by molar-refractivity contribution is -0.137. The minimum absolute atomic E-state index is 0.00711. The molecular weight excluding hydrogens is 456 g/mol. The maximum Gasteiger partial charge on any atom is 0.416 e. The third-order valence-electron chi connectivity index (χ3n) is 4.43. The third-order valence-corrected chi connectivity index (χ3v) is 4.91. The van der Waals surface area contributed by atoms with Gasteiger partial charge in [-0.15, -0.1) is 0 Å². The summed E-state index contributed by atoms with van der Waals surface area (Å²) in [7, 11) is 1.26. The second-order valence-corrected chi connectivity index (χ2v) is 7.41. The molecule has 12 heteroatoms. The molecule has 0 spiro atoms. The first kappa shape index (κ1) is 24.5. The van der Waals surface area contributed by atoms with Crippen LogP contribution in [0.2, 0.25) is 10.2 Å². The minimum Gasteiger partial charge on any atom is -0.355 e. The largest absolute Gasteiger partial charge is 0.416 e. The molecule has 2 amide bonds. The van der Waals surface area contributed by atoms with Crippen molar-refractivity contribution in [1.82, 2.24) is 9.97 Å². The number of nitrogens with two attached hydrogens (primary N) is 1. The number of carbonyl (C=O) groups is 1. The van der Waals surface area contributed by atoms with Crippen molar-refractivity contribution in [3.05, 3.63) is 45.8 Å². The minimum atomic E-state index is -4.52. The molecule has 1 fully saturated rings. The molecule has 1 aliphatic rings. The Kier molecular flexibility index (Phi) is 8.30. The van der Waals surface area contributed by atoms with E-state index in [9.17, 15) is 18.0 Å². The van der Waals surface area contributed by atoms with E-state index in [1.54, 1.807) is 6.20 Å². The molecule has 3 rings (SSSR count). The van der Waals surface area contributed by atoms with E-state index in [2.05, 4.69) is 14.9 Å². The van der Waals surface area contributed by atoms with Crippen molar-refractivity contribution < 1.29 is 18.0 Å². The Hall–Kier alpha value is -2.77. The number of nitriles is 1. The number of aromatic nitrogens is 2. The number of amides is 2. The van der Waals surface area contributed by atoms with Gasteiger partial charge in [-0.25, -0.2) is 14.8 Å². The summed E-state index contributed by atoms with van der Waals surface area (Å²) in [4.78, 5) is 22.0. The second kappa shape index (κ2) is 10.5. The van der Waals surface area contributed by atoms with E-state index in [0.29, 0.717) is 0 Å². The molecule has 1 aromatic carbocycles. The zero-order valence-corrected chi connectivity index (χ0v) is 18.0. The topological polar surface area (TPSA) is 99.1 Å². The first-order valence-electron chi connectivity index (χ1n) is 9.11. The number of primary amides is 1. The summed E-state index contributed by atoms with van der Waals surface area (Å²) in [6.45, 7) is 1.99. The van der Waals surface area contributed by atoms with Crippen molar-refractivity contribution >= 4 is 40.7 Å². The number of nitrogens with zero attached hydrogens (tertiary/aromatic N) is 5. The van der Waals surface area contributed by atoms with Crippen LogP contribution < -0.4 is 15.5 Å². The Labute approximate surface area is 187 Å². The van der Waals surface area contributed by atoms with Gasteiger partial charge >= 0.3 is 12.2 Å². The average molecular weight is 475 g/mol. The summed E-state index contributed by atoms with van der Waals surface area (Å²) < 4.78 is 37.3. The summed E-state index contributed by atoms with van der Waals surface area (Å²) in [5, 5.41) is 8.75. The van der Waals surface area contributed by atoms with Crippen LogP contribution in [-0.2, 0) is 6.18 Å². The molecule has 0 bridgehead atoms. The fourth-order valence-electron chi connectivity index (χ4n) is 2.77. The predicted octanol–water partition coefficient (Wildman–Crippen LogP) is 4.87. The van der Waals surface area contributed by atoms with E-state index >= 15 is 0 Å². The summed E-state index contributed by atoms with van der Waals surface area (Å²) in [6, 6.07) is 3.84. The highest BCUT2D eigenvalue weighted by Gasteiger charge is 2.31. The number of piperidine rings is 1. The smallest absolute Gasteiger partial charge is 0.355 e. The van der Waals surface area contributed by atoms with Gasteiger partial charge in [-0.05, 0) is 37.5 Å². The van der Waals surface area contributed by atoms with Gasteiger partial charge in [-0.3, -0.25) is 4.90 Å². The molecule has 1 aromatic heterocycles. The lowest BCUT2D eigenvalue weighted by Crippen LogP contribution is -2.31. The Morgan fingerprint density at radius 1 is 1.23 bits per heavy atom. The quantitative estimate of drug-likeness (QED) is 0.669. The van der Waals surface area contributed by atoms with Crippen molar-refractivity contribution in [2.24, 2.45) is 5.73 Å².